The van der Waals surface area contributed by atoms with Crippen molar-refractivity contribution in [3.8, 4) is 0 Å². The van der Waals surface area contributed by atoms with Crippen LogP contribution in [0.15, 0.2) is 34.3 Å². The molecule has 1 saturated heterocycles. The highest BCUT2D eigenvalue weighted by Crippen LogP contribution is 2.38. The molecular weight excluding hydrogens is 351 g/mol. The van der Waals surface area contributed by atoms with Gasteiger partial charge in [-0.2, -0.15) is 0 Å². The van der Waals surface area contributed by atoms with Gasteiger partial charge < -0.3 is 10.6 Å². The first kappa shape index (κ1) is 16.7. The van der Waals surface area contributed by atoms with Crippen LogP contribution in [0.4, 0.5) is 11.6 Å². The molecule has 0 unspecified atom stereocenters. The van der Waals surface area contributed by atoms with E-state index in [0.717, 1.165) is 29.7 Å². The van der Waals surface area contributed by atoms with Gasteiger partial charge in [-0.15, -0.1) is 0 Å². The highest BCUT2D eigenvalue weighted by atomic mass is 35.5. The number of halogens is 2. The first-order valence-corrected chi connectivity index (χ1v) is 9.11. The van der Waals surface area contributed by atoms with Crippen molar-refractivity contribution in [2.24, 2.45) is 5.92 Å². The van der Waals surface area contributed by atoms with Crippen molar-refractivity contribution in [2.45, 2.75) is 29.7 Å². The number of rotatable bonds is 3. The lowest BCUT2D eigenvalue weighted by molar-refractivity contribution is 0.436. The number of nitrogen functional groups attached to an aromatic ring is 1. The van der Waals surface area contributed by atoms with Gasteiger partial charge in [0.2, 0.25) is 0 Å². The van der Waals surface area contributed by atoms with Crippen LogP contribution in [0.5, 0.6) is 0 Å². The SMILES string of the molecule is CC1CCN(c2cnc(Sc3cccc(Cl)c3Cl)c(N)n2)CC1. The summed E-state index contributed by atoms with van der Waals surface area (Å²) >= 11 is 13.6. The second kappa shape index (κ2) is 7.16. The first-order valence-electron chi connectivity index (χ1n) is 7.54. The second-order valence-corrected chi connectivity index (χ2v) is 7.56. The highest BCUT2D eigenvalue weighted by molar-refractivity contribution is 7.99. The minimum Gasteiger partial charge on any atom is -0.381 e. The summed E-state index contributed by atoms with van der Waals surface area (Å²) in [6, 6.07) is 5.49. The lowest BCUT2D eigenvalue weighted by Gasteiger charge is -2.31. The number of aromatic nitrogens is 2. The third-order valence-electron chi connectivity index (χ3n) is 3.98. The Morgan fingerprint density at radius 1 is 1.26 bits per heavy atom. The zero-order chi connectivity index (χ0) is 16.4. The number of hydrogen-bond donors (Lipinski definition) is 1. The Kier molecular flexibility index (Phi) is 5.19. The molecule has 7 heteroatoms. The molecule has 3 rings (SSSR count). The molecule has 1 aromatic heterocycles. The van der Waals surface area contributed by atoms with Crippen LogP contribution in [-0.2, 0) is 0 Å². The number of benzene rings is 1. The summed E-state index contributed by atoms with van der Waals surface area (Å²) < 4.78 is 0. The van der Waals surface area contributed by atoms with E-state index in [1.807, 2.05) is 12.1 Å². The molecule has 0 amide bonds. The van der Waals surface area contributed by atoms with E-state index in [9.17, 15) is 0 Å². The Morgan fingerprint density at radius 2 is 2.00 bits per heavy atom. The first-order chi connectivity index (χ1) is 11.0. The zero-order valence-electron chi connectivity index (χ0n) is 12.8. The number of piperidine rings is 1. The van der Waals surface area contributed by atoms with E-state index >= 15 is 0 Å². The lowest BCUT2D eigenvalue weighted by atomic mass is 9.99. The maximum absolute atomic E-state index is 6.21. The third kappa shape index (κ3) is 3.84. The van der Waals surface area contributed by atoms with Crippen LogP contribution in [0.25, 0.3) is 0 Å². The maximum Gasteiger partial charge on any atom is 0.158 e. The van der Waals surface area contributed by atoms with Gasteiger partial charge in [-0.1, -0.05) is 48.0 Å². The van der Waals surface area contributed by atoms with Crippen molar-refractivity contribution in [1.82, 2.24) is 9.97 Å². The van der Waals surface area contributed by atoms with Crippen molar-refractivity contribution in [3.63, 3.8) is 0 Å². The van der Waals surface area contributed by atoms with E-state index in [1.54, 1.807) is 12.3 Å². The Balaban J connectivity index is 1.78. The molecule has 0 radical (unpaired) electrons. The van der Waals surface area contributed by atoms with Crippen LogP contribution in [0.2, 0.25) is 10.0 Å². The van der Waals surface area contributed by atoms with Gasteiger partial charge in [0.15, 0.2) is 5.82 Å². The number of anilines is 2. The van der Waals surface area contributed by atoms with Crippen molar-refractivity contribution in [2.75, 3.05) is 23.7 Å². The molecule has 1 aromatic carbocycles. The van der Waals surface area contributed by atoms with Crippen LogP contribution >= 0.6 is 35.0 Å². The van der Waals surface area contributed by atoms with Gasteiger partial charge >= 0.3 is 0 Å². The van der Waals surface area contributed by atoms with Crippen LogP contribution in [0.1, 0.15) is 19.8 Å². The van der Waals surface area contributed by atoms with Crippen LogP contribution in [0.3, 0.4) is 0 Å². The fraction of sp³-hybridized carbons (Fsp3) is 0.375. The molecule has 2 aromatic rings. The molecule has 23 heavy (non-hydrogen) atoms. The highest BCUT2D eigenvalue weighted by Gasteiger charge is 2.18. The molecule has 0 spiro atoms. The van der Waals surface area contributed by atoms with Crippen LogP contribution in [-0.4, -0.2) is 23.1 Å². The van der Waals surface area contributed by atoms with E-state index < -0.39 is 0 Å². The standard InChI is InChI=1S/C16H18Cl2N4S/c1-10-5-7-22(8-6-10)13-9-20-16(15(19)21-13)23-12-4-2-3-11(17)14(12)18/h2-4,9-10H,5-8H2,1H3,(H2,19,21). The Bertz CT molecular complexity index is 702. The molecule has 4 nitrogen and oxygen atoms in total. The minimum atomic E-state index is 0.419. The maximum atomic E-state index is 6.21. The fourth-order valence-corrected chi connectivity index (χ4v) is 3.80. The second-order valence-electron chi connectivity index (χ2n) is 5.74. The van der Waals surface area contributed by atoms with Gasteiger partial charge in [0.25, 0.3) is 0 Å². The van der Waals surface area contributed by atoms with E-state index in [2.05, 4.69) is 21.8 Å². The summed E-state index contributed by atoms with van der Waals surface area (Å²) in [5.41, 5.74) is 6.09. The normalized spacial score (nSPS) is 15.9. The predicted molar refractivity (Wildman–Crippen MR) is 97.6 cm³/mol. The monoisotopic (exact) mass is 368 g/mol. The average molecular weight is 369 g/mol. The smallest absolute Gasteiger partial charge is 0.158 e. The summed E-state index contributed by atoms with van der Waals surface area (Å²) in [6.07, 6.45) is 4.14. The van der Waals surface area contributed by atoms with Crippen LogP contribution in [0, 0.1) is 5.92 Å². The number of hydrogen-bond acceptors (Lipinski definition) is 5. The molecular formula is C16H18Cl2N4S. The van der Waals surface area contributed by atoms with E-state index in [4.69, 9.17) is 28.9 Å². The molecule has 1 aliphatic rings. The van der Waals surface area contributed by atoms with Crippen molar-refractivity contribution in [1.29, 1.82) is 0 Å². The van der Waals surface area contributed by atoms with Gasteiger partial charge in [0.05, 0.1) is 16.2 Å². The minimum absolute atomic E-state index is 0.419. The largest absolute Gasteiger partial charge is 0.381 e. The number of nitrogens with zero attached hydrogens (tertiary/aromatic N) is 3. The Hall–Kier alpha value is -1.17. The van der Waals surface area contributed by atoms with Gasteiger partial charge in [-0.05, 0) is 30.9 Å². The lowest BCUT2D eigenvalue weighted by Crippen LogP contribution is -2.33. The summed E-state index contributed by atoms with van der Waals surface area (Å²) in [5, 5.41) is 1.67. The third-order valence-corrected chi connectivity index (χ3v) is 5.98. The van der Waals surface area contributed by atoms with Gasteiger partial charge in [0, 0.05) is 18.0 Å². The molecule has 122 valence electrons. The van der Waals surface area contributed by atoms with Crippen LogP contribution < -0.4 is 10.6 Å². The molecule has 1 aliphatic heterocycles. The quantitative estimate of drug-likeness (QED) is 0.846. The summed E-state index contributed by atoms with van der Waals surface area (Å²) in [7, 11) is 0. The van der Waals surface area contributed by atoms with Crippen molar-refractivity contribution < 1.29 is 0 Å². The van der Waals surface area contributed by atoms with E-state index in [-0.39, 0.29) is 0 Å². The molecule has 1 fully saturated rings. The summed E-state index contributed by atoms with van der Waals surface area (Å²) in [6.45, 7) is 4.29. The topological polar surface area (TPSA) is 55.0 Å². The molecule has 2 heterocycles. The molecule has 0 saturated carbocycles. The summed E-state index contributed by atoms with van der Waals surface area (Å²) in [4.78, 5) is 12.0. The van der Waals surface area contributed by atoms with Gasteiger partial charge in [-0.3, -0.25) is 0 Å². The van der Waals surface area contributed by atoms with Gasteiger partial charge in [0.1, 0.15) is 10.8 Å². The van der Waals surface area contributed by atoms with Crippen molar-refractivity contribution in [3.05, 3.63) is 34.4 Å². The Labute approximate surface area is 150 Å². The van der Waals surface area contributed by atoms with E-state index in [1.165, 1.54) is 24.6 Å². The average Bonchev–Trinajstić information content (AvgIpc) is 2.54. The van der Waals surface area contributed by atoms with E-state index in [0.29, 0.717) is 20.9 Å². The number of nitrogens with two attached hydrogens (primary N) is 1. The predicted octanol–water partition coefficient (Wildman–Crippen LogP) is 4.75. The molecule has 0 atom stereocenters. The molecule has 0 aliphatic carbocycles. The van der Waals surface area contributed by atoms with Crippen molar-refractivity contribution >= 4 is 46.6 Å². The summed E-state index contributed by atoms with van der Waals surface area (Å²) in [5.74, 6) is 2.04. The molecule has 2 N–H and O–H groups in total. The Morgan fingerprint density at radius 3 is 2.70 bits per heavy atom. The fourth-order valence-electron chi connectivity index (χ4n) is 2.52. The molecule has 0 bridgehead atoms. The zero-order valence-corrected chi connectivity index (χ0v) is 15.1. The van der Waals surface area contributed by atoms with Gasteiger partial charge in [-0.25, -0.2) is 9.97 Å².